The third-order valence-electron chi connectivity index (χ3n) is 4.84. The minimum absolute atomic E-state index is 0.300. The second-order valence-corrected chi connectivity index (χ2v) is 7.23. The molecule has 0 saturated carbocycles. The summed E-state index contributed by atoms with van der Waals surface area (Å²) in [6.45, 7) is 12.7. The van der Waals surface area contributed by atoms with Crippen molar-refractivity contribution in [1.82, 2.24) is 15.5 Å². The first kappa shape index (κ1) is 20.7. The third kappa shape index (κ3) is 5.97. The molecule has 146 valence electrons. The highest BCUT2D eigenvalue weighted by Crippen LogP contribution is 2.20. The second kappa shape index (κ2) is 9.90. The minimum Gasteiger partial charge on any atom is -0.384 e. The summed E-state index contributed by atoms with van der Waals surface area (Å²) >= 11 is 0. The topological polar surface area (TPSA) is 69.1 Å². The van der Waals surface area contributed by atoms with E-state index in [-0.39, 0.29) is 0 Å². The van der Waals surface area contributed by atoms with Gasteiger partial charge in [-0.15, -0.1) is 0 Å². The molecule has 6 heteroatoms. The van der Waals surface area contributed by atoms with Crippen molar-refractivity contribution >= 4 is 5.96 Å². The molecule has 1 heterocycles. The van der Waals surface area contributed by atoms with Crippen LogP contribution in [0.1, 0.15) is 33.3 Å². The summed E-state index contributed by atoms with van der Waals surface area (Å²) < 4.78 is 5.52. The van der Waals surface area contributed by atoms with Crippen LogP contribution in [0.5, 0.6) is 0 Å². The van der Waals surface area contributed by atoms with Crippen molar-refractivity contribution in [2.24, 2.45) is 4.99 Å². The van der Waals surface area contributed by atoms with E-state index in [1.165, 1.54) is 0 Å². The largest absolute Gasteiger partial charge is 0.384 e. The second-order valence-electron chi connectivity index (χ2n) is 7.23. The molecule has 1 fully saturated rings. The van der Waals surface area contributed by atoms with Crippen molar-refractivity contribution in [2.75, 3.05) is 39.4 Å². The Morgan fingerprint density at radius 3 is 2.77 bits per heavy atom. The molecular formula is C20H34N4O2. The van der Waals surface area contributed by atoms with Crippen LogP contribution in [0, 0.1) is 0 Å². The molecule has 0 aliphatic carbocycles. The zero-order chi connectivity index (χ0) is 19.0. The van der Waals surface area contributed by atoms with Crippen LogP contribution in [0.25, 0.3) is 0 Å². The molecule has 26 heavy (non-hydrogen) atoms. The van der Waals surface area contributed by atoms with Crippen molar-refractivity contribution in [3.05, 3.63) is 35.9 Å². The summed E-state index contributed by atoms with van der Waals surface area (Å²) in [4.78, 5) is 7.06. The average molecular weight is 363 g/mol. The molecule has 1 aliphatic heterocycles. The van der Waals surface area contributed by atoms with Crippen LogP contribution in [-0.4, -0.2) is 67.4 Å². The highest BCUT2D eigenvalue weighted by molar-refractivity contribution is 5.79. The molecular weight excluding hydrogens is 328 g/mol. The number of hydrogen-bond donors (Lipinski definition) is 3. The first-order valence-electron chi connectivity index (χ1n) is 9.57. The number of guanidine groups is 1. The van der Waals surface area contributed by atoms with Crippen LogP contribution in [0.2, 0.25) is 0 Å². The fraction of sp³-hybridized carbons (Fsp3) is 0.650. The van der Waals surface area contributed by atoms with E-state index in [1.54, 1.807) is 6.92 Å². The monoisotopic (exact) mass is 362 g/mol. The Labute approximate surface area is 157 Å². The van der Waals surface area contributed by atoms with Gasteiger partial charge < -0.3 is 20.5 Å². The lowest BCUT2D eigenvalue weighted by molar-refractivity contribution is -0.0174. The lowest BCUT2D eigenvalue weighted by atomic mass is 9.96. The number of ether oxygens (including phenoxy) is 1. The maximum Gasteiger partial charge on any atom is 0.191 e. The van der Waals surface area contributed by atoms with E-state index in [2.05, 4.69) is 34.4 Å². The molecule has 0 spiro atoms. The molecule has 1 saturated heterocycles. The smallest absolute Gasteiger partial charge is 0.191 e. The molecule has 0 radical (unpaired) electrons. The Morgan fingerprint density at radius 1 is 1.38 bits per heavy atom. The number of morpholine rings is 1. The SMILES string of the molecule is CCNC(=NCC(C)(O)c1ccccc1)NCC(C)N1CCOCC1C. The van der Waals surface area contributed by atoms with Gasteiger partial charge in [-0.1, -0.05) is 30.3 Å². The maximum absolute atomic E-state index is 10.7. The van der Waals surface area contributed by atoms with Gasteiger partial charge in [0.15, 0.2) is 5.96 Å². The summed E-state index contributed by atoms with van der Waals surface area (Å²) in [6, 6.07) is 10.5. The Balaban J connectivity index is 1.93. The molecule has 1 aliphatic rings. The van der Waals surface area contributed by atoms with Gasteiger partial charge in [0, 0.05) is 31.7 Å². The van der Waals surface area contributed by atoms with Crippen LogP contribution < -0.4 is 10.6 Å². The summed E-state index contributed by atoms with van der Waals surface area (Å²) in [7, 11) is 0. The lowest BCUT2D eigenvalue weighted by Gasteiger charge is -2.38. The quantitative estimate of drug-likeness (QED) is 0.507. The number of benzene rings is 1. The number of aliphatic imine (C=N–C) groups is 1. The van der Waals surface area contributed by atoms with E-state index in [4.69, 9.17) is 4.74 Å². The number of rotatable bonds is 7. The normalized spacial score (nSPS) is 22.5. The standard InChI is InChI=1S/C20H34N4O2/c1-5-21-19(22-13-16(2)24-11-12-26-14-17(24)3)23-15-20(4,25)18-9-7-6-8-10-18/h6-10,16-17,25H,5,11-15H2,1-4H3,(H2,21,22,23). The molecule has 2 rings (SSSR count). The van der Waals surface area contributed by atoms with Gasteiger partial charge >= 0.3 is 0 Å². The first-order valence-corrected chi connectivity index (χ1v) is 9.57. The van der Waals surface area contributed by atoms with Crippen molar-refractivity contribution in [1.29, 1.82) is 0 Å². The van der Waals surface area contributed by atoms with E-state index in [0.29, 0.717) is 18.6 Å². The van der Waals surface area contributed by atoms with E-state index in [9.17, 15) is 5.11 Å². The lowest BCUT2D eigenvalue weighted by Crippen LogP contribution is -2.53. The van der Waals surface area contributed by atoms with Gasteiger partial charge in [-0.25, -0.2) is 4.99 Å². The van der Waals surface area contributed by atoms with Gasteiger partial charge in [-0.3, -0.25) is 4.90 Å². The highest BCUT2D eigenvalue weighted by Gasteiger charge is 2.24. The van der Waals surface area contributed by atoms with Crippen molar-refractivity contribution in [2.45, 2.75) is 45.4 Å². The molecule has 1 aromatic carbocycles. The molecule has 0 aromatic heterocycles. The molecule has 0 bridgehead atoms. The van der Waals surface area contributed by atoms with Gasteiger partial charge in [0.05, 0.1) is 19.8 Å². The number of nitrogens with zero attached hydrogens (tertiary/aromatic N) is 2. The van der Waals surface area contributed by atoms with E-state index in [1.807, 2.05) is 37.3 Å². The first-order chi connectivity index (χ1) is 12.4. The Bertz CT molecular complexity index is 562. The van der Waals surface area contributed by atoms with Crippen LogP contribution in [0.4, 0.5) is 0 Å². The Kier molecular flexibility index (Phi) is 7.87. The van der Waals surface area contributed by atoms with Crippen LogP contribution in [0.15, 0.2) is 35.3 Å². The average Bonchev–Trinajstić information content (AvgIpc) is 2.65. The van der Waals surface area contributed by atoms with Gasteiger partial charge in [0.2, 0.25) is 0 Å². The molecule has 3 atom stereocenters. The Morgan fingerprint density at radius 2 is 2.12 bits per heavy atom. The molecule has 3 unspecified atom stereocenters. The van der Waals surface area contributed by atoms with Gasteiger partial charge in [0.1, 0.15) is 5.60 Å². The van der Waals surface area contributed by atoms with Crippen LogP contribution in [-0.2, 0) is 10.3 Å². The fourth-order valence-electron chi connectivity index (χ4n) is 3.22. The van der Waals surface area contributed by atoms with Crippen LogP contribution >= 0.6 is 0 Å². The summed E-state index contributed by atoms with van der Waals surface area (Å²) in [5.74, 6) is 0.733. The van der Waals surface area contributed by atoms with Crippen molar-refractivity contribution in [3.63, 3.8) is 0 Å². The summed E-state index contributed by atoms with van der Waals surface area (Å²) in [6.07, 6.45) is 0. The van der Waals surface area contributed by atoms with Crippen LogP contribution in [0.3, 0.4) is 0 Å². The van der Waals surface area contributed by atoms with Gasteiger partial charge in [-0.2, -0.15) is 0 Å². The van der Waals surface area contributed by atoms with Gasteiger partial charge in [0.25, 0.3) is 0 Å². The number of hydrogen-bond acceptors (Lipinski definition) is 4. The van der Waals surface area contributed by atoms with Crippen molar-refractivity contribution in [3.8, 4) is 0 Å². The minimum atomic E-state index is -0.992. The Hall–Kier alpha value is -1.63. The van der Waals surface area contributed by atoms with E-state index >= 15 is 0 Å². The van der Waals surface area contributed by atoms with Crippen molar-refractivity contribution < 1.29 is 9.84 Å². The predicted molar refractivity (Wildman–Crippen MR) is 106 cm³/mol. The fourth-order valence-corrected chi connectivity index (χ4v) is 3.22. The zero-order valence-corrected chi connectivity index (χ0v) is 16.5. The van der Waals surface area contributed by atoms with E-state index in [0.717, 1.165) is 44.4 Å². The predicted octanol–water partition coefficient (Wildman–Crippen LogP) is 1.56. The number of nitrogens with one attached hydrogen (secondary N) is 2. The molecule has 1 aromatic rings. The molecule has 3 N–H and O–H groups in total. The van der Waals surface area contributed by atoms with Gasteiger partial charge in [-0.05, 0) is 33.3 Å². The zero-order valence-electron chi connectivity index (χ0n) is 16.5. The molecule has 0 amide bonds. The highest BCUT2D eigenvalue weighted by atomic mass is 16.5. The van der Waals surface area contributed by atoms with E-state index < -0.39 is 5.60 Å². The maximum atomic E-state index is 10.7. The summed E-state index contributed by atoms with van der Waals surface area (Å²) in [5, 5.41) is 17.4. The number of aliphatic hydroxyl groups is 1. The summed E-state index contributed by atoms with van der Waals surface area (Å²) in [5.41, 5.74) is -0.122. The molecule has 6 nitrogen and oxygen atoms in total. The third-order valence-corrected chi connectivity index (χ3v) is 4.84.